The summed E-state index contributed by atoms with van der Waals surface area (Å²) in [5.74, 6) is 0.767. The van der Waals surface area contributed by atoms with Gasteiger partial charge >= 0.3 is 0 Å². The number of para-hydroxylation sites is 2. The molecule has 3 rings (SSSR count). The Bertz CT molecular complexity index is 1210. The lowest BCUT2D eigenvalue weighted by molar-refractivity contribution is 0.102. The molecule has 0 aliphatic heterocycles. The van der Waals surface area contributed by atoms with Crippen molar-refractivity contribution in [2.24, 2.45) is 0 Å². The molecule has 1 aromatic heterocycles. The number of benzene rings is 2. The third-order valence-corrected chi connectivity index (χ3v) is 6.09. The number of carbonyl (C=O) groups excluding carboxylic acids is 1. The van der Waals surface area contributed by atoms with Crippen molar-refractivity contribution in [3.63, 3.8) is 0 Å². The van der Waals surface area contributed by atoms with Gasteiger partial charge in [-0.1, -0.05) is 44.1 Å². The summed E-state index contributed by atoms with van der Waals surface area (Å²) >= 11 is 0. The van der Waals surface area contributed by atoms with Crippen LogP contribution in [0.4, 0.5) is 11.5 Å². The van der Waals surface area contributed by atoms with Crippen LogP contribution in [0.2, 0.25) is 0 Å². The first kappa shape index (κ1) is 22.4. The van der Waals surface area contributed by atoms with E-state index in [1.54, 1.807) is 49.4 Å². The minimum absolute atomic E-state index is 0.0124. The number of methoxy groups -OCH3 is 1. The molecule has 0 bridgehead atoms. The van der Waals surface area contributed by atoms with E-state index in [-0.39, 0.29) is 21.7 Å². The number of amides is 1. The third-order valence-electron chi connectivity index (χ3n) is 4.58. The minimum Gasteiger partial charge on any atom is -0.495 e. The number of ether oxygens (including phenoxy) is 1. The third kappa shape index (κ3) is 5.05. The standard InChI is InChI=1S/C22H25N3O5S/c1-14-10-11-15(21(26)23-20-13-19(30-24-20)22(2,3)4)12-18(14)31(27,28)25-16-8-6-7-9-17(16)29-5/h6-13,25H,1-5H3,(H,23,24,26). The number of sulfonamides is 1. The summed E-state index contributed by atoms with van der Waals surface area (Å²) in [5, 5.41) is 6.50. The highest BCUT2D eigenvalue weighted by Gasteiger charge is 2.23. The number of rotatable bonds is 6. The van der Waals surface area contributed by atoms with E-state index in [2.05, 4.69) is 15.2 Å². The highest BCUT2D eigenvalue weighted by Crippen LogP contribution is 2.28. The number of nitrogens with zero attached hydrogens (tertiary/aromatic N) is 1. The summed E-state index contributed by atoms with van der Waals surface area (Å²) in [7, 11) is -2.51. The first-order valence-corrected chi connectivity index (χ1v) is 11.0. The molecule has 8 nitrogen and oxygen atoms in total. The Kier molecular flexibility index (Phi) is 6.08. The summed E-state index contributed by atoms with van der Waals surface area (Å²) in [6, 6.07) is 12.8. The van der Waals surface area contributed by atoms with E-state index in [9.17, 15) is 13.2 Å². The van der Waals surface area contributed by atoms with E-state index < -0.39 is 15.9 Å². The highest BCUT2D eigenvalue weighted by molar-refractivity contribution is 7.92. The zero-order valence-corrected chi connectivity index (χ0v) is 18.8. The molecule has 0 unspecified atom stereocenters. The van der Waals surface area contributed by atoms with Crippen molar-refractivity contribution in [2.45, 2.75) is 38.0 Å². The molecular weight excluding hydrogens is 418 g/mol. The van der Waals surface area contributed by atoms with Crippen LogP contribution in [0.3, 0.4) is 0 Å². The number of aromatic nitrogens is 1. The Morgan fingerprint density at radius 3 is 2.45 bits per heavy atom. The van der Waals surface area contributed by atoms with Gasteiger partial charge in [-0.15, -0.1) is 0 Å². The molecule has 0 radical (unpaired) electrons. The normalized spacial score (nSPS) is 11.8. The Labute approximate surface area is 181 Å². The van der Waals surface area contributed by atoms with Crippen LogP contribution in [-0.2, 0) is 15.4 Å². The van der Waals surface area contributed by atoms with Gasteiger partial charge in [0.2, 0.25) is 0 Å². The minimum atomic E-state index is -3.96. The van der Waals surface area contributed by atoms with Gasteiger partial charge in [-0.2, -0.15) is 0 Å². The van der Waals surface area contributed by atoms with Crippen LogP contribution >= 0.6 is 0 Å². The summed E-state index contributed by atoms with van der Waals surface area (Å²) in [6.45, 7) is 7.55. The van der Waals surface area contributed by atoms with Gasteiger partial charge in [0.25, 0.3) is 15.9 Å². The second-order valence-corrected chi connectivity index (χ2v) is 9.72. The van der Waals surface area contributed by atoms with E-state index in [4.69, 9.17) is 9.26 Å². The molecule has 31 heavy (non-hydrogen) atoms. The predicted octanol–water partition coefficient (Wildman–Crippen LogP) is 4.34. The van der Waals surface area contributed by atoms with E-state index in [0.717, 1.165) is 0 Å². The van der Waals surface area contributed by atoms with E-state index in [1.165, 1.54) is 13.2 Å². The van der Waals surface area contributed by atoms with Crippen LogP contribution < -0.4 is 14.8 Å². The van der Waals surface area contributed by atoms with E-state index in [0.29, 0.717) is 22.8 Å². The maximum Gasteiger partial charge on any atom is 0.262 e. The van der Waals surface area contributed by atoms with Crippen LogP contribution in [0.1, 0.15) is 42.5 Å². The molecule has 0 atom stereocenters. The molecule has 1 amide bonds. The second-order valence-electron chi connectivity index (χ2n) is 8.07. The Hall–Kier alpha value is -3.33. The maximum atomic E-state index is 13.0. The Morgan fingerprint density at radius 1 is 1.10 bits per heavy atom. The first-order chi connectivity index (χ1) is 14.5. The van der Waals surface area contributed by atoms with Crippen LogP contribution in [0.5, 0.6) is 5.75 Å². The molecule has 164 valence electrons. The van der Waals surface area contributed by atoms with Gasteiger partial charge in [0.1, 0.15) is 11.5 Å². The van der Waals surface area contributed by atoms with E-state index >= 15 is 0 Å². The highest BCUT2D eigenvalue weighted by atomic mass is 32.2. The van der Waals surface area contributed by atoms with Crippen molar-refractivity contribution in [1.82, 2.24) is 5.16 Å². The molecule has 0 spiro atoms. The average Bonchev–Trinajstić information content (AvgIpc) is 3.17. The Balaban J connectivity index is 1.87. The second kappa shape index (κ2) is 8.43. The van der Waals surface area contributed by atoms with Crippen molar-refractivity contribution in [2.75, 3.05) is 17.1 Å². The van der Waals surface area contributed by atoms with Crippen LogP contribution in [0.25, 0.3) is 0 Å². The lowest BCUT2D eigenvalue weighted by atomic mass is 9.93. The topological polar surface area (TPSA) is 111 Å². The molecule has 3 aromatic rings. The van der Waals surface area contributed by atoms with Crippen molar-refractivity contribution in [1.29, 1.82) is 0 Å². The number of carbonyl (C=O) groups is 1. The molecular formula is C22H25N3O5S. The zero-order valence-electron chi connectivity index (χ0n) is 18.0. The van der Waals surface area contributed by atoms with Crippen molar-refractivity contribution >= 4 is 27.4 Å². The number of aryl methyl sites for hydroxylation is 1. The fourth-order valence-corrected chi connectivity index (χ4v) is 4.18. The summed E-state index contributed by atoms with van der Waals surface area (Å²) in [5.41, 5.74) is 0.712. The molecule has 1 heterocycles. The van der Waals surface area contributed by atoms with Crippen molar-refractivity contribution in [3.8, 4) is 5.75 Å². The van der Waals surface area contributed by atoms with E-state index in [1.807, 2.05) is 20.8 Å². The fraction of sp³-hybridized carbons (Fsp3) is 0.273. The average molecular weight is 444 g/mol. The lowest BCUT2D eigenvalue weighted by Crippen LogP contribution is -2.17. The molecule has 0 saturated carbocycles. The van der Waals surface area contributed by atoms with Crippen LogP contribution in [-0.4, -0.2) is 26.6 Å². The number of nitrogens with one attached hydrogen (secondary N) is 2. The summed E-state index contributed by atoms with van der Waals surface area (Å²) in [4.78, 5) is 12.7. The summed E-state index contributed by atoms with van der Waals surface area (Å²) in [6.07, 6.45) is 0. The predicted molar refractivity (Wildman–Crippen MR) is 118 cm³/mol. The van der Waals surface area contributed by atoms with Gasteiger partial charge < -0.3 is 14.6 Å². The van der Waals surface area contributed by atoms with Crippen LogP contribution in [0.15, 0.2) is 57.9 Å². The monoisotopic (exact) mass is 443 g/mol. The maximum absolute atomic E-state index is 13.0. The van der Waals surface area contributed by atoms with Gasteiger partial charge in [0.15, 0.2) is 5.82 Å². The van der Waals surface area contributed by atoms with Gasteiger partial charge in [0, 0.05) is 17.0 Å². The number of anilines is 2. The quantitative estimate of drug-likeness (QED) is 0.586. The molecule has 9 heteroatoms. The molecule has 0 fully saturated rings. The van der Waals surface area contributed by atoms with Gasteiger partial charge in [-0.05, 0) is 36.8 Å². The molecule has 2 aromatic carbocycles. The molecule has 0 aliphatic rings. The summed E-state index contributed by atoms with van der Waals surface area (Å²) < 4.78 is 39.0. The van der Waals surface area contributed by atoms with Gasteiger partial charge in [-0.25, -0.2) is 8.42 Å². The first-order valence-electron chi connectivity index (χ1n) is 9.56. The van der Waals surface area contributed by atoms with Crippen molar-refractivity contribution in [3.05, 3.63) is 65.4 Å². The van der Waals surface area contributed by atoms with Gasteiger partial charge in [0.05, 0.1) is 17.7 Å². The smallest absolute Gasteiger partial charge is 0.262 e. The largest absolute Gasteiger partial charge is 0.495 e. The van der Waals surface area contributed by atoms with Crippen molar-refractivity contribution < 1.29 is 22.5 Å². The SMILES string of the molecule is COc1ccccc1NS(=O)(=O)c1cc(C(=O)Nc2cc(C(C)(C)C)on2)ccc1C. The molecule has 0 saturated heterocycles. The molecule has 2 N–H and O–H groups in total. The van der Waals surface area contributed by atoms with Gasteiger partial charge in [-0.3, -0.25) is 9.52 Å². The molecule has 0 aliphatic carbocycles. The fourth-order valence-electron chi connectivity index (χ4n) is 2.84. The lowest BCUT2D eigenvalue weighted by Gasteiger charge is -2.14. The number of hydrogen-bond donors (Lipinski definition) is 2. The van der Waals surface area contributed by atoms with Crippen LogP contribution in [0, 0.1) is 6.92 Å². The Morgan fingerprint density at radius 2 is 1.81 bits per heavy atom. The zero-order chi connectivity index (χ0) is 22.8. The number of hydrogen-bond acceptors (Lipinski definition) is 6.